The van der Waals surface area contributed by atoms with E-state index in [0.29, 0.717) is 22.8 Å². The molecule has 0 aliphatic carbocycles. The second-order valence-corrected chi connectivity index (χ2v) is 5.27. The highest BCUT2D eigenvalue weighted by atomic mass is 35.5. The molecule has 1 aliphatic heterocycles. The molecule has 0 aromatic heterocycles. The fourth-order valence-corrected chi connectivity index (χ4v) is 2.33. The first-order valence-corrected chi connectivity index (χ1v) is 6.18. The number of nitrogens with two attached hydrogens (primary N) is 1. The minimum absolute atomic E-state index is 0.0137. The molecule has 1 unspecified atom stereocenters. The summed E-state index contributed by atoms with van der Waals surface area (Å²) in [6, 6.07) is 3.80. The Hall–Kier alpha value is -1.26. The summed E-state index contributed by atoms with van der Waals surface area (Å²) in [5, 5.41) is 18.9. The van der Waals surface area contributed by atoms with Crippen molar-refractivity contribution in [2.75, 3.05) is 6.61 Å². The van der Waals surface area contributed by atoms with Crippen LogP contribution >= 0.6 is 11.6 Å². The van der Waals surface area contributed by atoms with Crippen LogP contribution in [0, 0.1) is 18.3 Å². The lowest BCUT2D eigenvalue weighted by atomic mass is 9.78. The number of aryl methyl sites for hydroxylation is 1. The molecule has 1 aliphatic rings. The number of nitriles is 1. The van der Waals surface area contributed by atoms with Crippen LogP contribution < -0.4 is 15.9 Å². The Kier molecular flexibility index (Phi) is 3.74. The summed E-state index contributed by atoms with van der Waals surface area (Å²) < 4.78 is 10.7. The molecule has 5 nitrogen and oxygen atoms in total. The topological polar surface area (TPSA) is 88.5 Å². The SMILES string of the molecule is Cc1cc2c(c(Cl)c1OCC(C)(N)C#N)B(O)OC2. The van der Waals surface area contributed by atoms with E-state index in [-0.39, 0.29) is 6.61 Å². The van der Waals surface area contributed by atoms with Crippen LogP contribution in [0.4, 0.5) is 0 Å². The third-order valence-corrected chi connectivity index (χ3v) is 3.32. The number of rotatable bonds is 3. The van der Waals surface area contributed by atoms with Gasteiger partial charge >= 0.3 is 7.12 Å². The second-order valence-electron chi connectivity index (χ2n) is 4.89. The van der Waals surface area contributed by atoms with Crippen molar-refractivity contribution in [3.05, 3.63) is 22.2 Å². The van der Waals surface area contributed by atoms with Crippen LogP contribution in [-0.4, -0.2) is 24.3 Å². The molecule has 0 saturated heterocycles. The lowest BCUT2D eigenvalue weighted by Gasteiger charge is -2.19. The predicted octanol–water partition coefficient (Wildman–Crippen LogP) is 0.486. The van der Waals surface area contributed by atoms with Gasteiger partial charge in [0, 0.05) is 5.46 Å². The molecule has 0 amide bonds. The average Bonchev–Trinajstić information content (AvgIpc) is 2.70. The molecule has 0 saturated carbocycles. The number of hydrogen-bond donors (Lipinski definition) is 2. The highest BCUT2D eigenvalue weighted by Crippen LogP contribution is 2.31. The molecule has 3 N–H and O–H groups in total. The maximum absolute atomic E-state index is 9.71. The second kappa shape index (κ2) is 5.02. The van der Waals surface area contributed by atoms with Crippen molar-refractivity contribution in [2.45, 2.75) is 26.0 Å². The van der Waals surface area contributed by atoms with Crippen molar-refractivity contribution in [3.8, 4) is 11.8 Å². The monoisotopic (exact) mass is 280 g/mol. The normalized spacial score (nSPS) is 16.7. The third kappa shape index (κ3) is 2.70. The van der Waals surface area contributed by atoms with Crippen LogP contribution in [0.1, 0.15) is 18.1 Å². The first-order valence-electron chi connectivity index (χ1n) is 5.80. The van der Waals surface area contributed by atoms with E-state index < -0.39 is 12.7 Å². The molecule has 1 heterocycles. The first-order chi connectivity index (χ1) is 8.85. The van der Waals surface area contributed by atoms with Gasteiger partial charge in [0.05, 0.1) is 17.7 Å². The zero-order valence-electron chi connectivity index (χ0n) is 10.7. The molecule has 100 valence electrons. The summed E-state index contributed by atoms with van der Waals surface area (Å²) in [7, 11) is -1.04. The molecule has 0 spiro atoms. The van der Waals surface area contributed by atoms with Gasteiger partial charge in [0.1, 0.15) is 17.9 Å². The molecule has 0 fully saturated rings. The highest BCUT2D eigenvalue weighted by Gasteiger charge is 2.33. The van der Waals surface area contributed by atoms with Crippen LogP contribution in [0.15, 0.2) is 6.07 Å². The number of fused-ring (bicyclic) bond motifs is 1. The number of hydrogen-bond acceptors (Lipinski definition) is 5. The first kappa shape index (κ1) is 14.2. The van der Waals surface area contributed by atoms with Crippen molar-refractivity contribution in [1.29, 1.82) is 5.26 Å². The fourth-order valence-electron chi connectivity index (χ4n) is 1.91. The van der Waals surface area contributed by atoms with Gasteiger partial charge in [-0.15, -0.1) is 0 Å². The molecule has 7 heteroatoms. The van der Waals surface area contributed by atoms with Crippen molar-refractivity contribution in [1.82, 2.24) is 0 Å². The molecule has 1 aromatic rings. The molecule has 2 rings (SSSR count). The van der Waals surface area contributed by atoms with E-state index in [0.717, 1.165) is 11.1 Å². The van der Waals surface area contributed by atoms with Gasteiger partial charge in [0.2, 0.25) is 0 Å². The molecule has 0 radical (unpaired) electrons. The maximum Gasteiger partial charge on any atom is 0.493 e. The predicted molar refractivity (Wildman–Crippen MR) is 72.3 cm³/mol. The summed E-state index contributed by atoms with van der Waals surface area (Å²) in [6.07, 6.45) is 0. The van der Waals surface area contributed by atoms with Crippen LogP contribution in [-0.2, 0) is 11.3 Å². The van der Waals surface area contributed by atoms with Gasteiger partial charge in [0.25, 0.3) is 0 Å². The van der Waals surface area contributed by atoms with Gasteiger partial charge in [-0.3, -0.25) is 0 Å². The number of benzene rings is 1. The minimum atomic E-state index is -1.09. The van der Waals surface area contributed by atoms with E-state index >= 15 is 0 Å². The van der Waals surface area contributed by atoms with Crippen LogP contribution in [0.5, 0.6) is 5.75 Å². The highest BCUT2D eigenvalue weighted by molar-refractivity contribution is 6.65. The number of ether oxygens (including phenoxy) is 1. The van der Waals surface area contributed by atoms with E-state index in [4.69, 9.17) is 32.0 Å². The Morgan fingerprint density at radius 1 is 1.74 bits per heavy atom. The lowest BCUT2D eigenvalue weighted by Crippen LogP contribution is -2.41. The van der Waals surface area contributed by atoms with Crippen LogP contribution in [0.2, 0.25) is 5.02 Å². The molecule has 1 aromatic carbocycles. The number of halogens is 1. The van der Waals surface area contributed by atoms with Gasteiger partial charge in [-0.05, 0) is 25.0 Å². The average molecular weight is 281 g/mol. The largest absolute Gasteiger partial charge is 0.493 e. The smallest absolute Gasteiger partial charge is 0.489 e. The van der Waals surface area contributed by atoms with Gasteiger partial charge in [-0.1, -0.05) is 17.7 Å². The van der Waals surface area contributed by atoms with Gasteiger partial charge in [0.15, 0.2) is 0 Å². The summed E-state index contributed by atoms with van der Waals surface area (Å²) in [4.78, 5) is 0. The summed E-state index contributed by atoms with van der Waals surface area (Å²) in [6.45, 7) is 3.75. The van der Waals surface area contributed by atoms with Gasteiger partial charge in [-0.25, -0.2) is 0 Å². The van der Waals surface area contributed by atoms with E-state index in [2.05, 4.69) is 0 Å². The van der Waals surface area contributed by atoms with Crippen molar-refractivity contribution in [2.24, 2.45) is 5.73 Å². The van der Waals surface area contributed by atoms with E-state index in [1.54, 1.807) is 6.92 Å². The molecule has 0 bridgehead atoms. The van der Waals surface area contributed by atoms with Gasteiger partial charge in [-0.2, -0.15) is 5.26 Å². The van der Waals surface area contributed by atoms with Crippen molar-refractivity contribution in [3.63, 3.8) is 0 Å². The van der Waals surface area contributed by atoms with Gasteiger partial charge < -0.3 is 20.1 Å². The third-order valence-electron chi connectivity index (χ3n) is 2.95. The quantitative estimate of drug-likeness (QED) is 0.787. The molecule has 1 atom stereocenters. The van der Waals surface area contributed by atoms with E-state index in [9.17, 15) is 5.02 Å². The van der Waals surface area contributed by atoms with Crippen LogP contribution in [0.3, 0.4) is 0 Å². The molecular formula is C12H14BClN2O3. The van der Waals surface area contributed by atoms with E-state index in [1.165, 1.54) is 0 Å². The fraction of sp³-hybridized carbons (Fsp3) is 0.417. The van der Waals surface area contributed by atoms with Crippen molar-refractivity contribution < 1.29 is 14.4 Å². The summed E-state index contributed by atoms with van der Waals surface area (Å²) >= 11 is 6.24. The Balaban J connectivity index is 2.32. The minimum Gasteiger partial charge on any atom is -0.489 e. The Labute approximate surface area is 117 Å². The Morgan fingerprint density at radius 3 is 3.05 bits per heavy atom. The maximum atomic E-state index is 9.71. The molecule has 19 heavy (non-hydrogen) atoms. The Morgan fingerprint density at radius 2 is 2.42 bits per heavy atom. The van der Waals surface area contributed by atoms with E-state index in [1.807, 2.05) is 19.1 Å². The standard InChI is InChI=1S/C12H14BClN2O3/c1-7-3-8-4-19-13(17)9(8)10(14)11(7)18-6-12(2,16)5-15/h3,17H,4,6,16H2,1-2H3. The zero-order valence-corrected chi connectivity index (χ0v) is 11.5. The Bertz CT molecular complexity index is 557. The lowest BCUT2D eigenvalue weighted by molar-refractivity contribution is 0.263. The van der Waals surface area contributed by atoms with Crippen LogP contribution in [0.25, 0.3) is 0 Å². The summed E-state index contributed by atoms with van der Waals surface area (Å²) in [5.74, 6) is 0.428. The number of nitrogens with zero attached hydrogens (tertiary/aromatic N) is 1. The molecular weight excluding hydrogens is 266 g/mol. The zero-order chi connectivity index (χ0) is 14.2. The van der Waals surface area contributed by atoms with Crippen molar-refractivity contribution >= 4 is 24.2 Å². The summed E-state index contributed by atoms with van der Waals surface area (Å²) in [5.41, 5.74) is 6.79.